The smallest absolute Gasteiger partial charge is 0.478 e. The molecule has 164 valence electrons. The maximum absolute atomic E-state index is 13.6. The number of carbonyl (C=O) groups is 1. The van der Waals surface area contributed by atoms with Crippen molar-refractivity contribution < 1.29 is 41.4 Å². The summed E-state index contributed by atoms with van der Waals surface area (Å²) in [6.07, 6.45) is -3.66. The Bertz CT molecular complexity index is 1120. The average Bonchev–Trinajstić information content (AvgIpc) is 3.04. The highest BCUT2D eigenvalue weighted by Gasteiger charge is 2.31. The van der Waals surface area contributed by atoms with Gasteiger partial charge in [0.1, 0.15) is 30.6 Å². The molecular weight excluding hydrogens is 427 g/mol. The number of ether oxygens (including phenoxy) is 1. The van der Waals surface area contributed by atoms with Crippen LogP contribution in [0.15, 0.2) is 53.8 Å². The molecule has 0 radical (unpaired) electrons. The largest absolute Gasteiger partial charge is 0.573 e. The number of fused-ring (bicyclic) bond motifs is 1. The molecule has 0 bridgehead atoms. The molecule has 0 saturated heterocycles. The minimum atomic E-state index is -4.91. The zero-order valence-electron chi connectivity index (χ0n) is 15.7. The van der Waals surface area contributed by atoms with E-state index >= 15 is 0 Å². The fraction of sp³-hybridized carbons (Fsp3) is 0.200. The van der Waals surface area contributed by atoms with Gasteiger partial charge in [0.15, 0.2) is 0 Å². The molecule has 0 atom stereocenters. The molecular formula is C20H15F5N2O4. The summed E-state index contributed by atoms with van der Waals surface area (Å²) in [5.74, 6) is -2.43. The van der Waals surface area contributed by atoms with Crippen LogP contribution in [0.3, 0.4) is 0 Å². The molecule has 0 fully saturated rings. The van der Waals surface area contributed by atoms with Crippen LogP contribution in [-0.4, -0.2) is 41.0 Å². The third kappa shape index (κ3) is 5.50. The molecule has 0 aliphatic carbocycles. The first-order valence-corrected chi connectivity index (χ1v) is 8.80. The summed E-state index contributed by atoms with van der Waals surface area (Å²) >= 11 is 0. The van der Waals surface area contributed by atoms with E-state index in [0.717, 1.165) is 24.3 Å². The lowest BCUT2D eigenvalue weighted by Crippen LogP contribution is -2.18. The number of rotatable bonds is 8. The Morgan fingerprint density at radius 2 is 1.94 bits per heavy atom. The van der Waals surface area contributed by atoms with Crippen molar-refractivity contribution in [2.24, 2.45) is 5.16 Å². The fourth-order valence-electron chi connectivity index (χ4n) is 2.94. The Hall–Kier alpha value is -3.63. The number of hydrogen-bond acceptors (Lipinski definition) is 4. The van der Waals surface area contributed by atoms with Gasteiger partial charge in [-0.2, -0.15) is 0 Å². The topological polar surface area (TPSA) is 73.0 Å². The van der Waals surface area contributed by atoms with Gasteiger partial charge in [0, 0.05) is 22.7 Å². The first-order chi connectivity index (χ1) is 14.7. The Balaban J connectivity index is 2.03. The second-order valence-electron chi connectivity index (χ2n) is 6.27. The number of aromatic carboxylic acids is 1. The third-order valence-corrected chi connectivity index (χ3v) is 4.14. The van der Waals surface area contributed by atoms with E-state index in [-0.39, 0.29) is 35.4 Å². The lowest BCUT2D eigenvalue weighted by atomic mass is 10.1. The van der Waals surface area contributed by atoms with Crippen molar-refractivity contribution in [1.82, 2.24) is 4.57 Å². The van der Waals surface area contributed by atoms with Gasteiger partial charge in [-0.1, -0.05) is 17.3 Å². The molecule has 0 spiro atoms. The Morgan fingerprint density at radius 1 is 1.16 bits per heavy atom. The normalized spacial score (nSPS) is 12.2. The minimum Gasteiger partial charge on any atom is -0.478 e. The van der Waals surface area contributed by atoms with Crippen LogP contribution in [0.5, 0.6) is 5.75 Å². The average molecular weight is 442 g/mol. The van der Waals surface area contributed by atoms with Crippen LogP contribution in [0.1, 0.15) is 15.9 Å². The van der Waals surface area contributed by atoms with Crippen molar-refractivity contribution >= 4 is 22.6 Å². The second kappa shape index (κ2) is 9.02. The monoisotopic (exact) mass is 442 g/mol. The molecule has 0 aliphatic heterocycles. The molecule has 6 nitrogen and oxygen atoms in total. The number of aromatic nitrogens is 1. The summed E-state index contributed by atoms with van der Waals surface area (Å²) in [5.41, 5.74) is 0.410. The first kappa shape index (κ1) is 22.1. The lowest BCUT2D eigenvalue weighted by molar-refractivity contribution is -0.274. The summed E-state index contributed by atoms with van der Waals surface area (Å²) in [5, 5.41) is 13.3. The number of oxime groups is 1. The number of hydrogen-bond donors (Lipinski definition) is 1. The van der Waals surface area contributed by atoms with Crippen molar-refractivity contribution in [2.75, 3.05) is 13.3 Å². The first-order valence-electron chi connectivity index (χ1n) is 8.80. The number of benzene rings is 2. The quantitative estimate of drug-likeness (QED) is 0.236. The molecule has 1 N–H and O–H groups in total. The summed E-state index contributed by atoms with van der Waals surface area (Å²) in [6, 6.07) is 8.45. The Morgan fingerprint density at radius 3 is 2.61 bits per heavy atom. The van der Waals surface area contributed by atoms with E-state index in [2.05, 4.69) is 9.89 Å². The number of nitrogens with zero attached hydrogens (tertiary/aromatic N) is 2. The molecule has 3 aromatic rings. The predicted octanol–water partition coefficient (Wildman–Crippen LogP) is 4.77. The number of carboxylic acids is 1. The molecule has 31 heavy (non-hydrogen) atoms. The van der Waals surface area contributed by atoms with Crippen LogP contribution in [0.2, 0.25) is 0 Å². The van der Waals surface area contributed by atoms with Crippen molar-refractivity contribution in [3.05, 3.63) is 65.6 Å². The highest BCUT2D eigenvalue weighted by molar-refractivity contribution is 6.05. The molecule has 0 unspecified atom stereocenters. The molecule has 11 heteroatoms. The molecule has 0 saturated carbocycles. The molecule has 3 rings (SSSR count). The van der Waals surface area contributed by atoms with E-state index in [1.165, 1.54) is 29.0 Å². The standard InChI is InChI=1S/C20H15F5N2O4/c21-6-7-30-26-17(12-2-1-3-14(8-12)31-20(23,24)25)11-27-10-16(19(28)29)15-9-13(22)4-5-18(15)27/h1-5,8-10H,6-7,11H2,(H,28,29)/b26-17+. The SMILES string of the molecule is O=C(O)c1cn(C/C(=N\OCCF)c2cccc(OC(F)(F)F)c2)c2ccc(F)cc12. The van der Waals surface area contributed by atoms with E-state index in [0.29, 0.717) is 5.52 Å². The van der Waals surface area contributed by atoms with Crippen molar-refractivity contribution in [1.29, 1.82) is 0 Å². The van der Waals surface area contributed by atoms with Gasteiger partial charge in [-0.05, 0) is 30.3 Å². The van der Waals surface area contributed by atoms with E-state index < -0.39 is 30.6 Å². The number of alkyl halides is 4. The maximum Gasteiger partial charge on any atom is 0.573 e. The van der Waals surface area contributed by atoms with Gasteiger partial charge >= 0.3 is 12.3 Å². The zero-order chi connectivity index (χ0) is 22.6. The summed E-state index contributed by atoms with van der Waals surface area (Å²) < 4.78 is 69.0. The molecule has 1 heterocycles. The minimum absolute atomic E-state index is 0.0687. The number of carboxylic acid groups (broad SMARTS) is 1. The zero-order valence-corrected chi connectivity index (χ0v) is 15.7. The van der Waals surface area contributed by atoms with Gasteiger partial charge in [-0.15, -0.1) is 13.2 Å². The van der Waals surface area contributed by atoms with Crippen LogP contribution in [0.4, 0.5) is 22.0 Å². The third-order valence-electron chi connectivity index (χ3n) is 4.14. The molecule has 0 amide bonds. The molecule has 0 aliphatic rings. The van der Waals surface area contributed by atoms with E-state index in [1.807, 2.05) is 0 Å². The van der Waals surface area contributed by atoms with Crippen molar-refractivity contribution in [3.63, 3.8) is 0 Å². The van der Waals surface area contributed by atoms with Gasteiger partial charge in [0.05, 0.1) is 12.1 Å². The summed E-state index contributed by atoms with van der Waals surface area (Å²) in [7, 11) is 0. The fourth-order valence-corrected chi connectivity index (χ4v) is 2.94. The van der Waals surface area contributed by atoms with Crippen LogP contribution < -0.4 is 4.74 Å². The van der Waals surface area contributed by atoms with Crippen LogP contribution in [0.25, 0.3) is 10.9 Å². The lowest BCUT2D eigenvalue weighted by Gasteiger charge is -2.12. The Labute approximate surface area is 172 Å². The number of halogens is 5. The van der Waals surface area contributed by atoms with Crippen molar-refractivity contribution in [3.8, 4) is 5.75 Å². The molecule has 2 aromatic carbocycles. The van der Waals surface area contributed by atoms with Gasteiger partial charge in [0.25, 0.3) is 0 Å². The van der Waals surface area contributed by atoms with Gasteiger partial charge in [-0.25, -0.2) is 13.6 Å². The van der Waals surface area contributed by atoms with Crippen LogP contribution >= 0.6 is 0 Å². The van der Waals surface area contributed by atoms with Crippen LogP contribution in [0, 0.1) is 5.82 Å². The van der Waals surface area contributed by atoms with Gasteiger partial charge in [0.2, 0.25) is 0 Å². The second-order valence-corrected chi connectivity index (χ2v) is 6.27. The predicted molar refractivity (Wildman–Crippen MR) is 100 cm³/mol. The Kier molecular flexibility index (Phi) is 6.42. The van der Waals surface area contributed by atoms with Crippen molar-refractivity contribution in [2.45, 2.75) is 12.9 Å². The molecule has 1 aromatic heterocycles. The van der Waals surface area contributed by atoms with Crippen LogP contribution in [-0.2, 0) is 11.4 Å². The summed E-state index contributed by atoms with van der Waals surface area (Å²) in [6.45, 7) is -1.39. The van der Waals surface area contributed by atoms with E-state index in [9.17, 15) is 31.9 Å². The van der Waals surface area contributed by atoms with Gasteiger partial charge < -0.3 is 19.2 Å². The maximum atomic E-state index is 13.6. The van der Waals surface area contributed by atoms with E-state index in [4.69, 9.17) is 4.84 Å². The highest BCUT2D eigenvalue weighted by Crippen LogP contribution is 2.26. The van der Waals surface area contributed by atoms with E-state index in [1.54, 1.807) is 0 Å². The summed E-state index contributed by atoms with van der Waals surface area (Å²) in [4.78, 5) is 16.4. The van der Waals surface area contributed by atoms with Gasteiger partial charge in [-0.3, -0.25) is 0 Å². The highest BCUT2D eigenvalue weighted by atomic mass is 19.4.